The first-order chi connectivity index (χ1) is 9.29. The number of hydrogen-bond acceptors (Lipinski definition) is 2. The van der Waals surface area contributed by atoms with E-state index in [1.807, 2.05) is 20.8 Å². The first-order valence-electron chi connectivity index (χ1n) is 7.59. The van der Waals surface area contributed by atoms with E-state index >= 15 is 0 Å². The smallest absolute Gasteiger partial charge is 0.326 e. The summed E-state index contributed by atoms with van der Waals surface area (Å²) in [6.45, 7) is 5.45. The van der Waals surface area contributed by atoms with E-state index in [0.29, 0.717) is 11.8 Å². The Morgan fingerprint density at radius 3 is 2.15 bits per heavy atom. The highest BCUT2D eigenvalue weighted by Crippen LogP contribution is 2.65. The molecule has 4 unspecified atom stereocenters. The first kappa shape index (κ1) is 13.7. The number of nitrogens with one attached hydrogen (secondary N) is 2. The minimum absolute atomic E-state index is 0.288. The molecule has 3 fully saturated rings. The predicted molar refractivity (Wildman–Crippen MR) is 74.1 cm³/mol. The van der Waals surface area contributed by atoms with Gasteiger partial charge < -0.3 is 15.7 Å². The van der Waals surface area contributed by atoms with Crippen molar-refractivity contribution in [2.45, 2.75) is 52.1 Å². The number of urea groups is 1. The number of carboxylic acids is 1. The molecule has 5 nitrogen and oxygen atoms in total. The van der Waals surface area contributed by atoms with Crippen LogP contribution in [-0.2, 0) is 4.79 Å². The molecule has 0 saturated heterocycles. The van der Waals surface area contributed by atoms with E-state index in [4.69, 9.17) is 0 Å². The Hall–Kier alpha value is -1.26. The van der Waals surface area contributed by atoms with Crippen LogP contribution < -0.4 is 10.6 Å². The Labute approximate surface area is 119 Å². The fraction of sp³-hybridized carbons (Fsp3) is 0.867. The van der Waals surface area contributed by atoms with Crippen molar-refractivity contribution in [2.24, 2.45) is 29.1 Å². The number of carbonyl (C=O) groups excluding carboxylic acids is 1. The molecule has 3 rings (SSSR count). The van der Waals surface area contributed by atoms with Crippen molar-refractivity contribution in [3.05, 3.63) is 0 Å². The molecule has 0 spiro atoms. The lowest BCUT2D eigenvalue weighted by Crippen LogP contribution is -2.53. The Bertz CT molecular complexity index is 427. The fourth-order valence-electron chi connectivity index (χ4n) is 4.49. The summed E-state index contributed by atoms with van der Waals surface area (Å²) < 4.78 is 0. The number of hydrogen-bond donors (Lipinski definition) is 3. The number of carbonyl (C=O) groups is 2. The quantitative estimate of drug-likeness (QED) is 0.738. The van der Waals surface area contributed by atoms with Gasteiger partial charge in [-0.3, -0.25) is 0 Å². The molecule has 0 aromatic carbocycles. The maximum atomic E-state index is 12.0. The predicted octanol–water partition coefficient (Wildman–Crippen LogP) is 1.83. The summed E-state index contributed by atoms with van der Waals surface area (Å²) in [4.78, 5) is 23.3. The Morgan fingerprint density at radius 2 is 1.70 bits per heavy atom. The van der Waals surface area contributed by atoms with Crippen LogP contribution in [0.1, 0.15) is 40.0 Å². The monoisotopic (exact) mass is 280 g/mol. The SMILES string of the molecule is CC(C)(C)[C@@H](NC(=O)NC1C2C3CCC(C3)C12)C(=O)O. The first-order valence-corrected chi connectivity index (χ1v) is 7.59. The van der Waals surface area contributed by atoms with Gasteiger partial charge in [0.25, 0.3) is 0 Å². The van der Waals surface area contributed by atoms with Crippen molar-refractivity contribution >= 4 is 12.0 Å². The fourth-order valence-corrected chi connectivity index (χ4v) is 4.49. The van der Waals surface area contributed by atoms with E-state index in [0.717, 1.165) is 11.8 Å². The van der Waals surface area contributed by atoms with E-state index < -0.39 is 17.4 Å². The van der Waals surface area contributed by atoms with Gasteiger partial charge in [-0.15, -0.1) is 0 Å². The lowest BCUT2D eigenvalue weighted by atomic mass is 9.87. The minimum atomic E-state index is -0.983. The molecule has 5 atom stereocenters. The van der Waals surface area contributed by atoms with Gasteiger partial charge in [0.1, 0.15) is 6.04 Å². The average Bonchev–Trinajstić information content (AvgIpc) is 2.72. The normalized spacial score (nSPS) is 39.0. The van der Waals surface area contributed by atoms with Gasteiger partial charge in [0.05, 0.1) is 0 Å². The van der Waals surface area contributed by atoms with E-state index in [2.05, 4.69) is 10.6 Å². The average molecular weight is 280 g/mol. The third kappa shape index (κ3) is 2.17. The topological polar surface area (TPSA) is 78.4 Å². The van der Waals surface area contributed by atoms with Crippen LogP contribution in [0.25, 0.3) is 0 Å². The molecular weight excluding hydrogens is 256 g/mol. The molecule has 3 aliphatic carbocycles. The summed E-state index contributed by atoms with van der Waals surface area (Å²) in [5.74, 6) is 1.94. The number of aliphatic carboxylic acids is 1. The van der Waals surface area contributed by atoms with E-state index in [9.17, 15) is 14.7 Å². The molecule has 3 saturated carbocycles. The molecule has 0 aromatic rings. The zero-order chi connectivity index (χ0) is 14.7. The van der Waals surface area contributed by atoms with Crippen LogP contribution in [0.4, 0.5) is 4.79 Å². The van der Waals surface area contributed by atoms with Crippen LogP contribution in [0.5, 0.6) is 0 Å². The van der Waals surface area contributed by atoms with Crippen molar-refractivity contribution in [1.29, 1.82) is 0 Å². The second-order valence-corrected chi connectivity index (χ2v) is 7.77. The van der Waals surface area contributed by atoms with Crippen molar-refractivity contribution in [3.63, 3.8) is 0 Å². The Balaban J connectivity index is 1.55. The van der Waals surface area contributed by atoms with Crippen LogP contribution >= 0.6 is 0 Å². The number of amides is 2. The van der Waals surface area contributed by atoms with Crippen LogP contribution in [-0.4, -0.2) is 29.2 Å². The lowest BCUT2D eigenvalue weighted by Gasteiger charge is -2.28. The number of carboxylic acid groups (broad SMARTS) is 1. The highest BCUT2D eigenvalue weighted by molar-refractivity contribution is 5.83. The third-order valence-electron chi connectivity index (χ3n) is 5.42. The Kier molecular flexibility index (Phi) is 2.99. The molecule has 3 N–H and O–H groups in total. The van der Waals surface area contributed by atoms with Gasteiger partial charge in [0.2, 0.25) is 0 Å². The Morgan fingerprint density at radius 1 is 1.15 bits per heavy atom. The maximum Gasteiger partial charge on any atom is 0.326 e. The molecule has 0 aliphatic heterocycles. The van der Waals surface area contributed by atoms with Gasteiger partial charge in [-0.25, -0.2) is 9.59 Å². The molecular formula is C15H24N2O3. The maximum absolute atomic E-state index is 12.0. The van der Waals surface area contributed by atoms with Crippen molar-refractivity contribution < 1.29 is 14.7 Å². The van der Waals surface area contributed by atoms with Crippen molar-refractivity contribution in [1.82, 2.24) is 10.6 Å². The van der Waals surface area contributed by atoms with Gasteiger partial charge in [-0.05, 0) is 48.3 Å². The zero-order valence-corrected chi connectivity index (χ0v) is 12.3. The molecule has 112 valence electrons. The van der Waals surface area contributed by atoms with Gasteiger partial charge >= 0.3 is 12.0 Å². The van der Waals surface area contributed by atoms with Crippen molar-refractivity contribution in [3.8, 4) is 0 Å². The zero-order valence-electron chi connectivity index (χ0n) is 12.3. The van der Waals surface area contributed by atoms with Gasteiger partial charge in [-0.2, -0.15) is 0 Å². The van der Waals surface area contributed by atoms with Crippen LogP contribution in [0.2, 0.25) is 0 Å². The highest BCUT2D eigenvalue weighted by atomic mass is 16.4. The lowest BCUT2D eigenvalue weighted by molar-refractivity contribution is -0.141. The molecule has 0 heterocycles. The van der Waals surface area contributed by atoms with Gasteiger partial charge in [-0.1, -0.05) is 20.8 Å². The minimum Gasteiger partial charge on any atom is -0.480 e. The molecule has 5 heteroatoms. The number of rotatable bonds is 3. The van der Waals surface area contributed by atoms with Gasteiger partial charge in [0, 0.05) is 6.04 Å². The highest BCUT2D eigenvalue weighted by Gasteiger charge is 2.65. The molecule has 20 heavy (non-hydrogen) atoms. The standard InChI is InChI=1S/C15H24N2O3/c1-15(2,3)12(13(18)19)17-14(20)16-11-9-7-4-5-8(6-7)10(9)11/h7-12H,4-6H2,1-3H3,(H,18,19)(H2,16,17,20)/t7?,8?,9?,10?,11?,12-/m0/s1. The summed E-state index contributed by atoms with van der Waals surface area (Å²) in [7, 11) is 0. The molecule has 0 aromatic heterocycles. The summed E-state index contributed by atoms with van der Waals surface area (Å²) >= 11 is 0. The van der Waals surface area contributed by atoms with Crippen LogP contribution in [0.3, 0.4) is 0 Å². The van der Waals surface area contributed by atoms with E-state index in [-0.39, 0.29) is 12.1 Å². The molecule has 0 radical (unpaired) electrons. The molecule has 2 amide bonds. The summed E-state index contributed by atoms with van der Waals surface area (Å²) in [6, 6.07) is -0.903. The number of fused-ring (bicyclic) bond motifs is 5. The third-order valence-corrected chi connectivity index (χ3v) is 5.42. The largest absolute Gasteiger partial charge is 0.480 e. The second kappa shape index (κ2) is 4.37. The summed E-state index contributed by atoms with van der Waals surface area (Å²) in [6.07, 6.45) is 3.96. The summed E-state index contributed by atoms with van der Waals surface area (Å²) in [5.41, 5.74) is -0.498. The molecule has 2 bridgehead atoms. The molecule has 3 aliphatic rings. The van der Waals surface area contributed by atoms with Crippen LogP contribution in [0, 0.1) is 29.1 Å². The summed E-state index contributed by atoms with van der Waals surface area (Å²) in [5, 5.41) is 14.8. The van der Waals surface area contributed by atoms with Crippen molar-refractivity contribution in [2.75, 3.05) is 0 Å². The van der Waals surface area contributed by atoms with Crippen LogP contribution in [0.15, 0.2) is 0 Å². The van der Waals surface area contributed by atoms with Gasteiger partial charge in [0.15, 0.2) is 0 Å². The van der Waals surface area contributed by atoms with E-state index in [1.165, 1.54) is 19.3 Å². The van der Waals surface area contributed by atoms with E-state index in [1.54, 1.807) is 0 Å². The second-order valence-electron chi connectivity index (χ2n) is 7.77.